The molecule has 1 rings (SSSR count). The van der Waals surface area contributed by atoms with Crippen molar-refractivity contribution in [3.8, 4) is 0 Å². The fourth-order valence-electron chi connectivity index (χ4n) is 0.808. The van der Waals surface area contributed by atoms with Gasteiger partial charge in [-0.25, -0.2) is 4.39 Å². The van der Waals surface area contributed by atoms with Crippen LogP contribution in [0.4, 0.5) is 4.39 Å². The number of benzene rings is 1. The highest BCUT2D eigenvalue weighted by molar-refractivity contribution is 9.11. The van der Waals surface area contributed by atoms with E-state index >= 15 is 0 Å². The van der Waals surface area contributed by atoms with E-state index in [2.05, 4.69) is 47.8 Å². The number of ketones is 1. The smallest absolute Gasteiger partial charge is 0.174 e. The van der Waals surface area contributed by atoms with E-state index < -0.39 is 5.82 Å². The molecule has 0 radical (unpaired) electrons. The number of halogens is 4. The van der Waals surface area contributed by atoms with Gasteiger partial charge in [-0.15, -0.1) is 0 Å². The molecule has 0 aromatic heterocycles. The van der Waals surface area contributed by atoms with Crippen molar-refractivity contribution in [3.05, 3.63) is 32.5 Å². The van der Waals surface area contributed by atoms with E-state index in [1.54, 1.807) is 0 Å². The van der Waals surface area contributed by atoms with E-state index in [0.717, 1.165) is 0 Å². The van der Waals surface area contributed by atoms with Gasteiger partial charge in [0.1, 0.15) is 5.82 Å². The molecule has 1 aromatic carbocycles. The van der Waals surface area contributed by atoms with Crippen LogP contribution in [0.15, 0.2) is 21.1 Å². The number of hydrogen-bond acceptors (Lipinski definition) is 1. The molecular weight excluding hydrogens is 371 g/mol. The van der Waals surface area contributed by atoms with Gasteiger partial charge in [0, 0.05) is 10.0 Å². The molecule has 0 unspecified atom stereocenters. The van der Waals surface area contributed by atoms with Crippen LogP contribution in [0.1, 0.15) is 10.4 Å². The molecule has 0 aliphatic carbocycles. The van der Waals surface area contributed by atoms with Crippen LogP contribution in [-0.4, -0.2) is 11.1 Å². The Labute approximate surface area is 100 Å². The summed E-state index contributed by atoms with van der Waals surface area (Å²) in [5.41, 5.74) is 0.345. The highest BCUT2D eigenvalue weighted by atomic mass is 79.9. The largest absolute Gasteiger partial charge is 0.293 e. The minimum atomic E-state index is -0.438. The molecule has 0 aliphatic heterocycles. The van der Waals surface area contributed by atoms with Crippen LogP contribution in [0.2, 0.25) is 0 Å². The zero-order chi connectivity index (χ0) is 10.0. The molecule has 0 saturated carbocycles. The van der Waals surface area contributed by atoms with E-state index in [9.17, 15) is 9.18 Å². The molecule has 0 aliphatic rings. The lowest BCUT2D eigenvalue weighted by molar-refractivity contribution is 0.102. The monoisotopic (exact) mass is 372 g/mol. The zero-order valence-electron chi connectivity index (χ0n) is 6.28. The average molecular weight is 375 g/mol. The summed E-state index contributed by atoms with van der Waals surface area (Å²) in [5.74, 6) is -0.592. The van der Waals surface area contributed by atoms with Crippen LogP contribution >= 0.6 is 47.8 Å². The number of hydrogen-bond donors (Lipinski definition) is 0. The molecule has 1 aromatic rings. The summed E-state index contributed by atoms with van der Waals surface area (Å²) in [4.78, 5) is 11.2. The number of Topliss-reactive ketones (excluding diaryl/α,β-unsaturated/α-hetero) is 1. The van der Waals surface area contributed by atoms with Crippen molar-refractivity contribution in [2.45, 2.75) is 0 Å². The number of carbonyl (C=O) groups is 1. The third-order valence-electron chi connectivity index (χ3n) is 1.43. The van der Waals surface area contributed by atoms with Crippen LogP contribution in [0.5, 0.6) is 0 Å². The quantitative estimate of drug-likeness (QED) is 0.435. The lowest BCUT2D eigenvalue weighted by atomic mass is 10.1. The van der Waals surface area contributed by atoms with Crippen molar-refractivity contribution in [3.63, 3.8) is 0 Å². The molecule has 0 atom stereocenters. The highest BCUT2D eigenvalue weighted by Crippen LogP contribution is 2.25. The molecule has 13 heavy (non-hydrogen) atoms. The van der Waals surface area contributed by atoms with Crippen LogP contribution in [0.3, 0.4) is 0 Å². The first-order valence-corrected chi connectivity index (χ1v) is 6.00. The van der Waals surface area contributed by atoms with Gasteiger partial charge in [-0.05, 0) is 28.1 Å². The van der Waals surface area contributed by atoms with Crippen molar-refractivity contribution >= 4 is 53.6 Å². The predicted octanol–water partition coefficient (Wildman–Crippen LogP) is 3.93. The predicted molar refractivity (Wildman–Crippen MR) is 59.9 cm³/mol. The zero-order valence-corrected chi connectivity index (χ0v) is 11.0. The van der Waals surface area contributed by atoms with E-state index in [4.69, 9.17) is 0 Å². The molecular formula is C8H4Br3FO. The van der Waals surface area contributed by atoms with Gasteiger partial charge in [-0.1, -0.05) is 31.9 Å². The second kappa shape index (κ2) is 4.66. The molecule has 0 fully saturated rings. The summed E-state index contributed by atoms with van der Waals surface area (Å²) in [6, 6.07) is 2.73. The summed E-state index contributed by atoms with van der Waals surface area (Å²) in [6.07, 6.45) is 0. The van der Waals surface area contributed by atoms with E-state index in [-0.39, 0.29) is 11.1 Å². The number of alkyl halides is 1. The van der Waals surface area contributed by atoms with Gasteiger partial charge in [0.05, 0.1) is 9.80 Å². The molecule has 70 valence electrons. The first-order chi connectivity index (χ1) is 6.06. The van der Waals surface area contributed by atoms with Crippen molar-refractivity contribution in [2.24, 2.45) is 0 Å². The van der Waals surface area contributed by atoms with Gasteiger partial charge in [-0.3, -0.25) is 4.79 Å². The Balaban J connectivity index is 3.23. The minimum absolute atomic E-state index is 0.154. The summed E-state index contributed by atoms with van der Waals surface area (Å²) in [6.45, 7) is 0. The summed E-state index contributed by atoms with van der Waals surface area (Å²) in [7, 11) is 0. The Morgan fingerprint density at radius 1 is 1.31 bits per heavy atom. The average Bonchev–Trinajstić information content (AvgIpc) is 2.10. The van der Waals surface area contributed by atoms with Crippen molar-refractivity contribution < 1.29 is 9.18 Å². The molecule has 0 bridgehead atoms. The Kier molecular flexibility index (Phi) is 4.06. The summed E-state index contributed by atoms with van der Waals surface area (Å²) < 4.78 is 13.9. The van der Waals surface area contributed by atoms with E-state index in [1.165, 1.54) is 12.1 Å². The fraction of sp³-hybridized carbons (Fsp3) is 0.125. The molecule has 0 spiro atoms. The number of rotatable bonds is 2. The van der Waals surface area contributed by atoms with Gasteiger partial charge in [0.15, 0.2) is 5.78 Å². The van der Waals surface area contributed by atoms with E-state index in [1.807, 2.05) is 0 Å². The Morgan fingerprint density at radius 2 is 1.92 bits per heavy atom. The van der Waals surface area contributed by atoms with Gasteiger partial charge >= 0.3 is 0 Å². The standard InChI is InChI=1S/C8H4Br3FO/c9-3-8(13)4-1-7(12)6(11)2-5(4)10/h1-2H,3H2. The minimum Gasteiger partial charge on any atom is -0.293 e. The topological polar surface area (TPSA) is 17.1 Å². The maximum absolute atomic E-state index is 13.0. The van der Waals surface area contributed by atoms with E-state index in [0.29, 0.717) is 14.5 Å². The Morgan fingerprint density at radius 3 is 2.46 bits per heavy atom. The van der Waals surface area contributed by atoms with Gasteiger partial charge in [0.2, 0.25) is 0 Å². The van der Waals surface area contributed by atoms with Gasteiger partial charge < -0.3 is 0 Å². The SMILES string of the molecule is O=C(CBr)c1cc(F)c(Br)cc1Br. The fourth-order valence-corrected chi connectivity index (χ4v) is 2.33. The maximum atomic E-state index is 13.0. The normalized spacial score (nSPS) is 10.2. The molecule has 1 nitrogen and oxygen atoms in total. The third kappa shape index (κ3) is 2.60. The molecule has 0 N–H and O–H groups in total. The van der Waals surface area contributed by atoms with Gasteiger partial charge in [0.25, 0.3) is 0 Å². The maximum Gasteiger partial charge on any atom is 0.174 e. The Hall–Kier alpha value is 0.260. The first-order valence-electron chi connectivity index (χ1n) is 3.30. The van der Waals surface area contributed by atoms with Crippen LogP contribution in [0.25, 0.3) is 0 Å². The molecule has 5 heteroatoms. The molecule has 0 heterocycles. The van der Waals surface area contributed by atoms with Crippen molar-refractivity contribution in [2.75, 3.05) is 5.33 Å². The second-order valence-corrected chi connectivity index (χ2v) is 4.57. The van der Waals surface area contributed by atoms with Crippen LogP contribution < -0.4 is 0 Å². The molecule has 0 amide bonds. The van der Waals surface area contributed by atoms with Crippen LogP contribution in [-0.2, 0) is 0 Å². The lowest BCUT2D eigenvalue weighted by Gasteiger charge is -2.02. The summed E-state index contributed by atoms with van der Waals surface area (Å²) in [5, 5.41) is 0.187. The third-order valence-corrected chi connectivity index (χ3v) is 3.20. The molecule has 0 saturated heterocycles. The first kappa shape index (κ1) is 11.3. The van der Waals surface area contributed by atoms with Crippen LogP contribution in [0, 0.1) is 5.82 Å². The lowest BCUT2D eigenvalue weighted by Crippen LogP contribution is -2.02. The number of carbonyl (C=O) groups excluding carboxylic acids is 1. The van der Waals surface area contributed by atoms with Gasteiger partial charge in [-0.2, -0.15) is 0 Å². The van der Waals surface area contributed by atoms with Crippen molar-refractivity contribution in [1.82, 2.24) is 0 Å². The second-order valence-electron chi connectivity index (χ2n) is 2.30. The highest BCUT2D eigenvalue weighted by Gasteiger charge is 2.11. The summed E-state index contributed by atoms with van der Waals surface area (Å²) >= 11 is 9.23. The Bertz CT molecular complexity index is 351. The van der Waals surface area contributed by atoms with Crippen molar-refractivity contribution in [1.29, 1.82) is 0 Å².